The van der Waals surface area contributed by atoms with E-state index in [2.05, 4.69) is 0 Å². The first-order chi connectivity index (χ1) is 8.51. The fraction of sp³-hybridized carbons (Fsp3) is 0.571. The van der Waals surface area contributed by atoms with Crippen molar-refractivity contribution < 1.29 is 23.4 Å². The van der Waals surface area contributed by atoms with E-state index in [4.69, 9.17) is 0 Å². The molecule has 0 saturated carbocycles. The Kier molecular flexibility index (Phi) is 4.63. The fourth-order valence-electron chi connectivity index (χ4n) is 1.76. The van der Waals surface area contributed by atoms with Crippen LogP contribution in [0.2, 0.25) is 0 Å². The molecule has 0 spiro atoms. The van der Waals surface area contributed by atoms with Crippen LogP contribution in [-0.2, 0) is 12.6 Å². The quantitative estimate of drug-likeness (QED) is 0.891. The van der Waals surface area contributed by atoms with E-state index in [1.807, 2.05) is 0 Å². The molecular formula is C14H19F3O2. The van der Waals surface area contributed by atoms with E-state index in [-0.39, 0.29) is 6.42 Å². The maximum Gasteiger partial charge on any atom is 0.416 e. The summed E-state index contributed by atoms with van der Waals surface area (Å²) in [5, 5.41) is 19.7. The zero-order valence-corrected chi connectivity index (χ0v) is 11.2. The van der Waals surface area contributed by atoms with E-state index in [0.29, 0.717) is 5.56 Å². The molecule has 1 aromatic carbocycles. The van der Waals surface area contributed by atoms with Crippen molar-refractivity contribution >= 4 is 0 Å². The van der Waals surface area contributed by atoms with Gasteiger partial charge in [0.1, 0.15) is 0 Å². The van der Waals surface area contributed by atoms with Crippen LogP contribution in [-0.4, -0.2) is 22.4 Å². The Morgan fingerprint density at radius 1 is 1.00 bits per heavy atom. The molecule has 0 aliphatic heterocycles. The van der Waals surface area contributed by atoms with Crippen molar-refractivity contribution in [3.63, 3.8) is 0 Å². The number of halogens is 3. The van der Waals surface area contributed by atoms with Gasteiger partial charge in [-0.3, -0.25) is 0 Å². The van der Waals surface area contributed by atoms with Gasteiger partial charge in [-0.2, -0.15) is 13.2 Å². The van der Waals surface area contributed by atoms with E-state index in [0.717, 1.165) is 12.1 Å². The predicted octanol–water partition coefficient (Wildman–Crippen LogP) is 3.02. The Morgan fingerprint density at radius 3 is 1.84 bits per heavy atom. The highest BCUT2D eigenvalue weighted by atomic mass is 19.4. The second kappa shape index (κ2) is 5.51. The van der Waals surface area contributed by atoms with Crippen LogP contribution in [0, 0.1) is 5.41 Å². The Balaban J connectivity index is 2.74. The molecule has 0 aliphatic rings. The largest absolute Gasteiger partial charge is 0.416 e. The summed E-state index contributed by atoms with van der Waals surface area (Å²) < 4.78 is 37.1. The lowest BCUT2D eigenvalue weighted by Crippen LogP contribution is -2.38. The van der Waals surface area contributed by atoms with Crippen molar-refractivity contribution in [1.82, 2.24) is 0 Å². The molecule has 19 heavy (non-hydrogen) atoms. The van der Waals surface area contributed by atoms with Gasteiger partial charge in [-0.1, -0.05) is 32.9 Å². The normalized spacial score (nSPS) is 16.2. The Labute approximate surface area is 110 Å². The average Bonchev–Trinajstić information content (AvgIpc) is 2.26. The minimum absolute atomic E-state index is 0.122. The summed E-state index contributed by atoms with van der Waals surface area (Å²) in [5.74, 6) is 0. The van der Waals surface area contributed by atoms with Gasteiger partial charge in [0.15, 0.2) is 0 Å². The van der Waals surface area contributed by atoms with Crippen LogP contribution in [0.1, 0.15) is 31.9 Å². The van der Waals surface area contributed by atoms with Crippen LogP contribution in [0.5, 0.6) is 0 Å². The molecule has 0 radical (unpaired) electrons. The highest BCUT2D eigenvalue weighted by Gasteiger charge is 2.31. The molecule has 0 fully saturated rings. The van der Waals surface area contributed by atoms with Gasteiger partial charge in [-0.25, -0.2) is 0 Å². The summed E-state index contributed by atoms with van der Waals surface area (Å²) in [6, 6.07) is 4.60. The summed E-state index contributed by atoms with van der Waals surface area (Å²) in [5.41, 5.74) is -0.642. The van der Waals surface area contributed by atoms with Gasteiger partial charge in [0.2, 0.25) is 0 Å². The Hall–Kier alpha value is -1.07. The third-order valence-corrected chi connectivity index (χ3v) is 2.98. The average molecular weight is 276 g/mol. The summed E-state index contributed by atoms with van der Waals surface area (Å²) in [6.45, 7) is 5.36. The van der Waals surface area contributed by atoms with Gasteiger partial charge in [-0.15, -0.1) is 0 Å². The number of alkyl halides is 3. The van der Waals surface area contributed by atoms with Gasteiger partial charge < -0.3 is 10.2 Å². The SMILES string of the molecule is CC(C)(C)C(O)C(O)Cc1ccc(C(F)(F)F)cc1. The first kappa shape index (κ1) is 16.0. The standard InChI is InChI=1S/C14H19F3O2/c1-13(2,3)12(19)11(18)8-9-4-6-10(7-5-9)14(15,16)17/h4-7,11-12,18-19H,8H2,1-3H3. The lowest BCUT2D eigenvalue weighted by atomic mass is 9.84. The summed E-state index contributed by atoms with van der Waals surface area (Å²) >= 11 is 0. The number of rotatable bonds is 3. The minimum atomic E-state index is -4.36. The van der Waals surface area contributed by atoms with Crippen LogP contribution in [0.3, 0.4) is 0 Å². The van der Waals surface area contributed by atoms with Crippen LogP contribution in [0.15, 0.2) is 24.3 Å². The minimum Gasteiger partial charge on any atom is -0.390 e. The molecule has 5 heteroatoms. The molecule has 0 amide bonds. The third-order valence-electron chi connectivity index (χ3n) is 2.98. The lowest BCUT2D eigenvalue weighted by Gasteiger charge is -2.30. The third kappa shape index (κ3) is 4.51. The van der Waals surface area contributed by atoms with Crippen molar-refractivity contribution in [2.75, 3.05) is 0 Å². The van der Waals surface area contributed by atoms with Crippen LogP contribution < -0.4 is 0 Å². The fourth-order valence-corrected chi connectivity index (χ4v) is 1.76. The zero-order valence-electron chi connectivity index (χ0n) is 11.2. The molecule has 0 aliphatic carbocycles. The second-order valence-electron chi connectivity index (χ2n) is 5.78. The maximum absolute atomic E-state index is 12.4. The van der Waals surface area contributed by atoms with Gasteiger partial charge in [0, 0.05) is 6.42 Å². The number of aliphatic hydroxyl groups is 2. The highest BCUT2D eigenvalue weighted by molar-refractivity contribution is 5.25. The maximum atomic E-state index is 12.4. The van der Waals surface area contributed by atoms with Crippen molar-refractivity contribution in [1.29, 1.82) is 0 Å². The summed E-state index contributed by atoms with van der Waals surface area (Å²) in [6.07, 6.45) is -6.18. The first-order valence-corrected chi connectivity index (χ1v) is 6.04. The van der Waals surface area contributed by atoms with E-state index < -0.39 is 29.4 Å². The molecule has 1 aromatic rings. The van der Waals surface area contributed by atoms with Crippen molar-refractivity contribution in [2.24, 2.45) is 5.41 Å². The van der Waals surface area contributed by atoms with Crippen LogP contribution in [0.4, 0.5) is 13.2 Å². The van der Waals surface area contributed by atoms with Gasteiger partial charge in [-0.05, 0) is 23.1 Å². The van der Waals surface area contributed by atoms with E-state index in [1.165, 1.54) is 12.1 Å². The second-order valence-corrected chi connectivity index (χ2v) is 5.78. The zero-order chi connectivity index (χ0) is 14.8. The molecule has 0 bridgehead atoms. The van der Waals surface area contributed by atoms with Crippen molar-refractivity contribution in [3.05, 3.63) is 35.4 Å². The lowest BCUT2D eigenvalue weighted by molar-refractivity contribution is -0.137. The van der Waals surface area contributed by atoms with Crippen molar-refractivity contribution in [3.8, 4) is 0 Å². The van der Waals surface area contributed by atoms with E-state index in [1.54, 1.807) is 20.8 Å². The molecule has 2 nitrogen and oxygen atoms in total. The molecule has 2 unspecified atom stereocenters. The van der Waals surface area contributed by atoms with Crippen molar-refractivity contribution in [2.45, 2.75) is 45.6 Å². The topological polar surface area (TPSA) is 40.5 Å². The number of hydrogen-bond donors (Lipinski definition) is 2. The summed E-state index contributed by atoms with van der Waals surface area (Å²) in [4.78, 5) is 0. The van der Waals surface area contributed by atoms with Crippen LogP contribution in [0.25, 0.3) is 0 Å². The molecule has 0 saturated heterocycles. The highest BCUT2D eigenvalue weighted by Crippen LogP contribution is 2.29. The molecule has 0 aromatic heterocycles. The molecule has 0 heterocycles. The number of hydrogen-bond acceptors (Lipinski definition) is 2. The predicted molar refractivity (Wildman–Crippen MR) is 66.6 cm³/mol. The van der Waals surface area contributed by atoms with Gasteiger partial charge in [0.25, 0.3) is 0 Å². The number of benzene rings is 1. The molecular weight excluding hydrogens is 257 g/mol. The Bertz CT molecular complexity index is 404. The molecule has 108 valence electrons. The van der Waals surface area contributed by atoms with Gasteiger partial charge >= 0.3 is 6.18 Å². The number of aliphatic hydroxyl groups excluding tert-OH is 2. The molecule has 1 rings (SSSR count). The van der Waals surface area contributed by atoms with Crippen LogP contribution >= 0.6 is 0 Å². The molecule has 2 atom stereocenters. The smallest absolute Gasteiger partial charge is 0.390 e. The van der Waals surface area contributed by atoms with E-state index >= 15 is 0 Å². The van der Waals surface area contributed by atoms with Gasteiger partial charge in [0.05, 0.1) is 17.8 Å². The monoisotopic (exact) mass is 276 g/mol. The Morgan fingerprint density at radius 2 is 1.47 bits per heavy atom. The molecule has 2 N–H and O–H groups in total. The first-order valence-electron chi connectivity index (χ1n) is 6.04. The van der Waals surface area contributed by atoms with E-state index in [9.17, 15) is 23.4 Å². The summed E-state index contributed by atoms with van der Waals surface area (Å²) in [7, 11) is 0.